The predicted molar refractivity (Wildman–Crippen MR) is 74.2 cm³/mol. The number of nitrogens with zero attached hydrogens (tertiary/aromatic N) is 1. The van der Waals surface area contributed by atoms with Gasteiger partial charge in [0.2, 0.25) is 11.8 Å². The predicted octanol–water partition coefficient (Wildman–Crippen LogP) is -0.118. The molecular weight excluding hydrogens is 276 g/mol. The summed E-state index contributed by atoms with van der Waals surface area (Å²) in [7, 11) is 0. The largest absolute Gasteiger partial charge is 0.465 e. The molecule has 7 nitrogen and oxygen atoms in total. The van der Waals surface area contributed by atoms with Gasteiger partial charge in [0, 0.05) is 0 Å². The van der Waals surface area contributed by atoms with Crippen LogP contribution in [-0.2, 0) is 23.9 Å². The van der Waals surface area contributed by atoms with Gasteiger partial charge in [0.25, 0.3) is 0 Å². The molecule has 1 atom stereocenters. The zero-order valence-electron chi connectivity index (χ0n) is 12.9. The van der Waals surface area contributed by atoms with Crippen LogP contribution >= 0.6 is 0 Å². The number of esters is 1. The van der Waals surface area contributed by atoms with Gasteiger partial charge in [-0.3, -0.25) is 29.4 Å². The average Bonchev–Trinajstić information content (AvgIpc) is 2.38. The van der Waals surface area contributed by atoms with Crippen molar-refractivity contribution in [1.82, 2.24) is 10.2 Å². The van der Waals surface area contributed by atoms with Crippen LogP contribution in [0.3, 0.4) is 0 Å². The van der Waals surface area contributed by atoms with Crippen LogP contribution in [0, 0.1) is 5.41 Å². The van der Waals surface area contributed by atoms with Gasteiger partial charge in [0.1, 0.15) is 5.41 Å². The van der Waals surface area contributed by atoms with Gasteiger partial charge in [-0.05, 0) is 27.2 Å². The Bertz CT molecular complexity index is 458. The van der Waals surface area contributed by atoms with E-state index in [4.69, 9.17) is 4.74 Å². The molecule has 7 heteroatoms. The van der Waals surface area contributed by atoms with Crippen molar-refractivity contribution in [2.24, 2.45) is 5.41 Å². The van der Waals surface area contributed by atoms with Crippen LogP contribution in [0.25, 0.3) is 0 Å². The first-order valence-corrected chi connectivity index (χ1v) is 7.02. The minimum absolute atomic E-state index is 0.0328. The van der Waals surface area contributed by atoms with E-state index < -0.39 is 29.2 Å². The maximum absolute atomic E-state index is 12.3. The first-order valence-electron chi connectivity index (χ1n) is 7.02. The number of piperazine rings is 1. The van der Waals surface area contributed by atoms with Gasteiger partial charge in [0.15, 0.2) is 5.78 Å². The standard InChI is InChI=1S/C14H22N2O5/c1-5-9-12(19)15-11(18)8-16(9)7-10(17)14(3,4)13(20)21-6-2/h9H,5-8H2,1-4H3,(H,15,18,19). The zero-order chi connectivity index (χ0) is 16.2. The summed E-state index contributed by atoms with van der Waals surface area (Å²) in [6.07, 6.45) is 0.478. The third-order valence-electron chi connectivity index (χ3n) is 3.57. The Kier molecular flexibility index (Phi) is 5.60. The molecule has 0 aromatic rings. The molecule has 1 N–H and O–H groups in total. The van der Waals surface area contributed by atoms with E-state index in [1.165, 1.54) is 18.7 Å². The van der Waals surface area contributed by atoms with Crippen LogP contribution in [0.5, 0.6) is 0 Å². The molecule has 1 saturated heterocycles. The fraction of sp³-hybridized carbons (Fsp3) is 0.714. The topological polar surface area (TPSA) is 92.8 Å². The number of hydrogen-bond acceptors (Lipinski definition) is 6. The minimum atomic E-state index is -1.30. The monoisotopic (exact) mass is 298 g/mol. The van der Waals surface area contributed by atoms with Crippen molar-refractivity contribution >= 4 is 23.6 Å². The van der Waals surface area contributed by atoms with E-state index in [1.807, 2.05) is 0 Å². The van der Waals surface area contributed by atoms with E-state index >= 15 is 0 Å². The molecule has 1 aliphatic rings. The molecule has 1 rings (SSSR count). The Morgan fingerprint density at radius 2 is 1.95 bits per heavy atom. The van der Waals surface area contributed by atoms with Crippen molar-refractivity contribution in [3.8, 4) is 0 Å². The second-order valence-corrected chi connectivity index (χ2v) is 5.51. The summed E-state index contributed by atoms with van der Waals surface area (Å²) in [5.41, 5.74) is -1.30. The average molecular weight is 298 g/mol. The maximum Gasteiger partial charge on any atom is 0.319 e. The number of Topliss-reactive ketones (excluding diaryl/α,β-unsaturated/α-hetero) is 1. The van der Waals surface area contributed by atoms with Gasteiger partial charge in [-0.1, -0.05) is 6.92 Å². The summed E-state index contributed by atoms with van der Waals surface area (Å²) >= 11 is 0. The fourth-order valence-electron chi connectivity index (χ4n) is 2.14. The third kappa shape index (κ3) is 3.87. The highest BCUT2D eigenvalue weighted by Crippen LogP contribution is 2.21. The van der Waals surface area contributed by atoms with Crippen LogP contribution in [-0.4, -0.2) is 54.2 Å². The van der Waals surface area contributed by atoms with Gasteiger partial charge in [0.05, 0.1) is 25.7 Å². The van der Waals surface area contributed by atoms with Crippen molar-refractivity contribution in [1.29, 1.82) is 0 Å². The van der Waals surface area contributed by atoms with Gasteiger partial charge in [-0.25, -0.2) is 0 Å². The van der Waals surface area contributed by atoms with E-state index in [-0.39, 0.29) is 25.5 Å². The highest BCUT2D eigenvalue weighted by molar-refractivity contribution is 6.05. The quantitative estimate of drug-likeness (QED) is 0.417. The molecule has 0 bridgehead atoms. The molecule has 0 radical (unpaired) electrons. The Balaban J connectivity index is 2.82. The van der Waals surface area contributed by atoms with Crippen molar-refractivity contribution in [3.63, 3.8) is 0 Å². The van der Waals surface area contributed by atoms with Crippen LogP contribution in [0.4, 0.5) is 0 Å². The number of carbonyl (C=O) groups excluding carboxylic acids is 4. The smallest absolute Gasteiger partial charge is 0.319 e. The third-order valence-corrected chi connectivity index (χ3v) is 3.57. The van der Waals surface area contributed by atoms with Crippen LogP contribution in [0.15, 0.2) is 0 Å². The molecule has 0 aromatic carbocycles. The van der Waals surface area contributed by atoms with Gasteiger partial charge in [-0.2, -0.15) is 0 Å². The molecule has 1 aliphatic heterocycles. The molecule has 0 spiro atoms. The number of imide groups is 1. The fourth-order valence-corrected chi connectivity index (χ4v) is 2.14. The lowest BCUT2D eigenvalue weighted by Gasteiger charge is -2.34. The molecule has 1 unspecified atom stereocenters. The van der Waals surface area contributed by atoms with E-state index in [2.05, 4.69) is 5.32 Å². The summed E-state index contributed by atoms with van der Waals surface area (Å²) in [5.74, 6) is -1.82. The normalized spacial score (nSPS) is 20.1. The van der Waals surface area contributed by atoms with Gasteiger partial charge < -0.3 is 4.74 Å². The summed E-state index contributed by atoms with van der Waals surface area (Å²) in [6, 6.07) is -0.537. The second-order valence-electron chi connectivity index (χ2n) is 5.51. The lowest BCUT2D eigenvalue weighted by atomic mass is 9.87. The summed E-state index contributed by atoms with van der Waals surface area (Å²) in [5, 5.41) is 2.24. The van der Waals surface area contributed by atoms with Crippen molar-refractivity contribution in [2.45, 2.75) is 40.2 Å². The first-order chi connectivity index (χ1) is 9.73. The number of ketones is 1. The Labute approximate surface area is 124 Å². The molecule has 118 valence electrons. The summed E-state index contributed by atoms with van der Waals surface area (Å²) in [4.78, 5) is 48.8. The van der Waals surface area contributed by atoms with Gasteiger partial charge >= 0.3 is 5.97 Å². The number of hydrogen-bond donors (Lipinski definition) is 1. The van der Waals surface area contributed by atoms with Crippen LogP contribution in [0.1, 0.15) is 34.1 Å². The minimum Gasteiger partial charge on any atom is -0.465 e. The molecule has 0 aliphatic carbocycles. The molecule has 21 heavy (non-hydrogen) atoms. The Morgan fingerprint density at radius 1 is 1.33 bits per heavy atom. The Morgan fingerprint density at radius 3 is 2.48 bits per heavy atom. The van der Waals surface area contributed by atoms with Crippen molar-refractivity contribution in [3.05, 3.63) is 0 Å². The van der Waals surface area contributed by atoms with Gasteiger partial charge in [-0.15, -0.1) is 0 Å². The maximum atomic E-state index is 12.3. The van der Waals surface area contributed by atoms with Crippen molar-refractivity contribution < 1.29 is 23.9 Å². The lowest BCUT2D eigenvalue weighted by molar-refractivity contribution is -0.158. The highest BCUT2D eigenvalue weighted by atomic mass is 16.5. The number of carbonyl (C=O) groups is 4. The van der Waals surface area contributed by atoms with Crippen LogP contribution in [0.2, 0.25) is 0 Å². The SMILES string of the molecule is CCOC(=O)C(C)(C)C(=O)CN1CC(=O)NC(=O)C1CC. The lowest BCUT2D eigenvalue weighted by Crippen LogP contribution is -2.59. The number of rotatable bonds is 6. The Hall–Kier alpha value is -1.76. The second kappa shape index (κ2) is 6.80. The molecule has 1 fully saturated rings. The van der Waals surface area contributed by atoms with Crippen molar-refractivity contribution in [2.75, 3.05) is 19.7 Å². The summed E-state index contributed by atoms with van der Waals surface area (Å²) < 4.78 is 4.89. The molecular formula is C14H22N2O5. The number of nitrogens with one attached hydrogen (secondary N) is 1. The van der Waals surface area contributed by atoms with Crippen LogP contribution < -0.4 is 5.32 Å². The van der Waals surface area contributed by atoms with E-state index in [1.54, 1.807) is 13.8 Å². The van der Waals surface area contributed by atoms with E-state index in [9.17, 15) is 19.2 Å². The van der Waals surface area contributed by atoms with E-state index in [0.29, 0.717) is 6.42 Å². The molecule has 1 heterocycles. The highest BCUT2D eigenvalue weighted by Gasteiger charge is 2.41. The first kappa shape index (κ1) is 17.3. The van der Waals surface area contributed by atoms with E-state index in [0.717, 1.165) is 0 Å². The molecule has 2 amide bonds. The molecule has 0 saturated carbocycles. The number of amides is 2. The number of ether oxygens (including phenoxy) is 1. The molecule has 0 aromatic heterocycles. The summed E-state index contributed by atoms with van der Waals surface area (Å²) in [6.45, 7) is 6.46. The zero-order valence-corrected chi connectivity index (χ0v) is 12.9.